The van der Waals surface area contributed by atoms with Crippen molar-refractivity contribution in [1.82, 2.24) is 4.90 Å². The summed E-state index contributed by atoms with van der Waals surface area (Å²) in [5.74, 6) is -2.76. The molecule has 2 rings (SSSR count). The molecule has 1 heterocycles. The maximum Gasteiger partial charge on any atom is 0.341 e. The number of imide groups is 1. The Morgan fingerprint density at radius 3 is 2.54 bits per heavy atom. The van der Waals surface area contributed by atoms with Crippen LogP contribution in [0.15, 0.2) is 21.5 Å². The molecule has 26 heavy (non-hydrogen) atoms. The van der Waals surface area contributed by atoms with Crippen LogP contribution in [0.1, 0.15) is 5.56 Å². The van der Waals surface area contributed by atoms with E-state index in [1.54, 1.807) is 6.07 Å². The van der Waals surface area contributed by atoms with E-state index < -0.39 is 36.2 Å². The Balaban J connectivity index is 2.32. The third-order valence-corrected chi connectivity index (χ3v) is 4.55. The van der Waals surface area contributed by atoms with Crippen molar-refractivity contribution in [3.05, 3.63) is 27.1 Å². The summed E-state index contributed by atoms with van der Waals surface area (Å²) >= 11 is 3.86. The summed E-state index contributed by atoms with van der Waals surface area (Å²) in [7, 11) is 1.36. The number of ether oxygens (including phenoxy) is 2. The van der Waals surface area contributed by atoms with Gasteiger partial charge in [0.1, 0.15) is 6.54 Å². The first-order chi connectivity index (χ1) is 12.2. The summed E-state index contributed by atoms with van der Waals surface area (Å²) in [5, 5.41) is 16.8. The lowest BCUT2D eigenvalue weighted by atomic mass is 10.2. The largest absolute Gasteiger partial charge is 0.493 e. The lowest BCUT2D eigenvalue weighted by molar-refractivity contribution is -0.140. The molecule has 1 aromatic rings. The first kappa shape index (κ1) is 19.8. The molecule has 0 bridgehead atoms. The van der Waals surface area contributed by atoms with Crippen LogP contribution >= 0.6 is 27.7 Å². The van der Waals surface area contributed by atoms with Crippen molar-refractivity contribution in [1.29, 1.82) is 0 Å². The standard InChI is InChI=1S/C15H12BrNO8S/c1-24-9-3-7(2-8(16)13(9)25-6-12(20)21)4-10-14(22)17(5-11(18)19)15(23)26-10/h2-4H,5-6H2,1H3,(H,18,19)(H,20,21)/b10-4+. The molecule has 138 valence electrons. The average molecular weight is 446 g/mol. The molecule has 1 aliphatic heterocycles. The fourth-order valence-corrected chi connectivity index (χ4v) is 3.43. The van der Waals surface area contributed by atoms with E-state index in [1.807, 2.05) is 0 Å². The van der Waals surface area contributed by atoms with Gasteiger partial charge in [0, 0.05) is 0 Å². The molecule has 9 nitrogen and oxygen atoms in total. The Labute approximate surface area is 159 Å². The first-order valence-corrected chi connectivity index (χ1v) is 8.53. The van der Waals surface area contributed by atoms with E-state index in [4.69, 9.17) is 19.7 Å². The van der Waals surface area contributed by atoms with Gasteiger partial charge in [-0.05, 0) is 51.5 Å². The van der Waals surface area contributed by atoms with Gasteiger partial charge in [-0.25, -0.2) is 4.79 Å². The van der Waals surface area contributed by atoms with Gasteiger partial charge < -0.3 is 19.7 Å². The number of carboxylic acids is 2. The number of thioether (sulfide) groups is 1. The molecule has 2 amide bonds. The van der Waals surface area contributed by atoms with Crippen molar-refractivity contribution in [2.75, 3.05) is 20.3 Å². The number of carbonyl (C=O) groups is 4. The van der Waals surface area contributed by atoms with Gasteiger partial charge in [0.25, 0.3) is 11.1 Å². The highest BCUT2D eigenvalue weighted by atomic mass is 79.9. The summed E-state index contributed by atoms with van der Waals surface area (Å²) in [4.78, 5) is 46.0. The van der Waals surface area contributed by atoms with Crippen LogP contribution in [0.5, 0.6) is 11.5 Å². The summed E-state index contributed by atoms with van der Waals surface area (Å²) in [5.41, 5.74) is 0.470. The molecule has 0 unspecified atom stereocenters. The molecular weight excluding hydrogens is 434 g/mol. The molecule has 1 aliphatic rings. The highest BCUT2D eigenvalue weighted by molar-refractivity contribution is 9.10. The maximum atomic E-state index is 12.2. The second kappa shape index (κ2) is 8.23. The number of hydrogen-bond acceptors (Lipinski definition) is 7. The van der Waals surface area contributed by atoms with E-state index in [1.165, 1.54) is 19.3 Å². The van der Waals surface area contributed by atoms with Gasteiger partial charge in [-0.15, -0.1) is 0 Å². The minimum Gasteiger partial charge on any atom is -0.493 e. The molecule has 0 aliphatic carbocycles. The third-order valence-electron chi connectivity index (χ3n) is 3.06. The summed E-state index contributed by atoms with van der Waals surface area (Å²) in [6.07, 6.45) is 1.40. The predicted molar refractivity (Wildman–Crippen MR) is 94.1 cm³/mol. The molecule has 0 atom stereocenters. The van der Waals surface area contributed by atoms with Gasteiger partial charge in [0.15, 0.2) is 18.1 Å². The Bertz CT molecular complexity index is 822. The van der Waals surface area contributed by atoms with E-state index in [9.17, 15) is 19.2 Å². The zero-order chi connectivity index (χ0) is 19.4. The molecule has 0 aromatic heterocycles. The molecular formula is C15H12BrNO8S. The number of hydrogen-bond donors (Lipinski definition) is 2. The van der Waals surface area contributed by atoms with Gasteiger partial charge in [-0.1, -0.05) is 0 Å². The quantitative estimate of drug-likeness (QED) is 0.605. The second-order valence-corrected chi connectivity index (χ2v) is 6.73. The maximum absolute atomic E-state index is 12.2. The van der Waals surface area contributed by atoms with Crippen LogP contribution in [0.2, 0.25) is 0 Å². The number of aliphatic carboxylic acids is 2. The highest BCUT2D eigenvalue weighted by Crippen LogP contribution is 2.39. The lowest BCUT2D eigenvalue weighted by Crippen LogP contribution is -2.33. The molecule has 0 radical (unpaired) electrons. The Hall–Kier alpha value is -2.53. The van der Waals surface area contributed by atoms with Crippen LogP contribution in [0.3, 0.4) is 0 Å². The van der Waals surface area contributed by atoms with Crippen LogP contribution in [0.25, 0.3) is 6.08 Å². The molecule has 1 fully saturated rings. The molecule has 1 saturated heterocycles. The normalized spacial score (nSPS) is 15.5. The first-order valence-electron chi connectivity index (χ1n) is 6.92. The van der Waals surface area contributed by atoms with Gasteiger partial charge >= 0.3 is 11.9 Å². The SMILES string of the molecule is COc1cc(/C=C2/SC(=O)N(CC(=O)O)C2=O)cc(Br)c1OCC(=O)O. The predicted octanol–water partition coefficient (Wildman–Crippen LogP) is 2.04. The van der Waals surface area contributed by atoms with Crippen molar-refractivity contribution in [3.63, 3.8) is 0 Å². The van der Waals surface area contributed by atoms with Crippen molar-refractivity contribution < 1.29 is 38.9 Å². The van der Waals surface area contributed by atoms with Crippen molar-refractivity contribution >= 4 is 56.9 Å². The number of methoxy groups -OCH3 is 1. The highest BCUT2D eigenvalue weighted by Gasteiger charge is 2.36. The number of carboxylic acid groups (broad SMARTS) is 2. The molecule has 1 aromatic carbocycles. The van der Waals surface area contributed by atoms with Crippen molar-refractivity contribution in [3.8, 4) is 11.5 Å². The van der Waals surface area contributed by atoms with Crippen LogP contribution in [0.4, 0.5) is 4.79 Å². The Morgan fingerprint density at radius 2 is 1.96 bits per heavy atom. The zero-order valence-corrected chi connectivity index (χ0v) is 15.6. The van der Waals surface area contributed by atoms with Crippen LogP contribution in [0, 0.1) is 0 Å². The van der Waals surface area contributed by atoms with E-state index in [-0.39, 0.29) is 16.4 Å². The van der Waals surface area contributed by atoms with Gasteiger partial charge in [0.05, 0.1) is 16.5 Å². The van der Waals surface area contributed by atoms with Crippen molar-refractivity contribution in [2.24, 2.45) is 0 Å². The van der Waals surface area contributed by atoms with Gasteiger partial charge in [-0.3, -0.25) is 19.3 Å². The van der Waals surface area contributed by atoms with E-state index in [0.717, 1.165) is 0 Å². The fourth-order valence-electron chi connectivity index (χ4n) is 2.02. The number of carbonyl (C=O) groups excluding carboxylic acids is 2. The number of amides is 2. The topological polar surface area (TPSA) is 130 Å². The minimum atomic E-state index is -1.29. The fraction of sp³-hybridized carbons (Fsp3) is 0.200. The summed E-state index contributed by atoms with van der Waals surface area (Å²) in [6.45, 7) is -1.28. The lowest BCUT2D eigenvalue weighted by Gasteiger charge is -2.12. The van der Waals surface area contributed by atoms with Crippen molar-refractivity contribution in [2.45, 2.75) is 0 Å². The third kappa shape index (κ3) is 4.55. The van der Waals surface area contributed by atoms with E-state index >= 15 is 0 Å². The zero-order valence-electron chi connectivity index (χ0n) is 13.2. The molecule has 2 N–H and O–H groups in total. The number of rotatable bonds is 7. The van der Waals surface area contributed by atoms with E-state index in [2.05, 4.69) is 15.9 Å². The number of benzene rings is 1. The van der Waals surface area contributed by atoms with Gasteiger partial charge in [-0.2, -0.15) is 0 Å². The summed E-state index contributed by atoms with van der Waals surface area (Å²) in [6, 6.07) is 3.04. The molecule has 0 spiro atoms. The second-order valence-electron chi connectivity index (χ2n) is 4.88. The number of nitrogens with zero attached hydrogens (tertiary/aromatic N) is 1. The minimum absolute atomic E-state index is 0.0596. The smallest absolute Gasteiger partial charge is 0.341 e. The Kier molecular flexibility index (Phi) is 6.27. The monoisotopic (exact) mass is 445 g/mol. The molecule has 0 saturated carbocycles. The van der Waals surface area contributed by atoms with Crippen LogP contribution < -0.4 is 9.47 Å². The van der Waals surface area contributed by atoms with Gasteiger partial charge in [0.2, 0.25) is 0 Å². The Morgan fingerprint density at radius 1 is 1.27 bits per heavy atom. The summed E-state index contributed by atoms with van der Waals surface area (Å²) < 4.78 is 10.7. The molecule has 11 heteroatoms. The average Bonchev–Trinajstić information content (AvgIpc) is 2.80. The van der Waals surface area contributed by atoms with E-state index in [0.29, 0.717) is 26.7 Å². The van der Waals surface area contributed by atoms with Crippen LogP contribution in [-0.2, 0) is 14.4 Å². The van der Waals surface area contributed by atoms with Crippen LogP contribution in [-0.4, -0.2) is 58.5 Å². The number of halogens is 1.